The number of hydrogen-bond donors (Lipinski definition) is 2. The lowest BCUT2D eigenvalue weighted by Gasteiger charge is -2.13. The predicted molar refractivity (Wildman–Crippen MR) is 78.6 cm³/mol. The summed E-state index contributed by atoms with van der Waals surface area (Å²) in [6.45, 7) is 5.15. The SMILES string of the molecule is CCSCC(C)NC(=O)c1ccc2c(c1)NCC2. The molecule has 1 atom stereocenters. The van der Waals surface area contributed by atoms with Gasteiger partial charge in [-0.25, -0.2) is 0 Å². The molecule has 18 heavy (non-hydrogen) atoms. The van der Waals surface area contributed by atoms with Gasteiger partial charge in [0.2, 0.25) is 0 Å². The summed E-state index contributed by atoms with van der Waals surface area (Å²) in [4.78, 5) is 12.1. The van der Waals surface area contributed by atoms with Gasteiger partial charge in [0, 0.05) is 29.6 Å². The Hall–Kier alpha value is -1.16. The van der Waals surface area contributed by atoms with Crippen LogP contribution in [-0.4, -0.2) is 30.0 Å². The smallest absolute Gasteiger partial charge is 0.251 e. The molecule has 2 rings (SSSR count). The van der Waals surface area contributed by atoms with E-state index in [1.165, 1.54) is 5.56 Å². The molecule has 1 heterocycles. The lowest BCUT2D eigenvalue weighted by atomic mass is 10.1. The fraction of sp³-hybridized carbons (Fsp3) is 0.500. The fourth-order valence-corrected chi connectivity index (χ4v) is 2.75. The summed E-state index contributed by atoms with van der Waals surface area (Å²) in [6, 6.07) is 6.14. The van der Waals surface area contributed by atoms with Gasteiger partial charge in [-0.1, -0.05) is 13.0 Å². The molecule has 1 aliphatic heterocycles. The highest BCUT2D eigenvalue weighted by Crippen LogP contribution is 2.23. The van der Waals surface area contributed by atoms with Crippen LogP contribution in [0.5, 0.6) is 0 Å². The molecule has 2 N–H and O–H groups in total. The summed E-state index contributed by atoms with van der Waals surface area (Å²) < 4.78 is 0. The molecule has 1 unspecified atom stereocenters. The van der Waals surface area contributed by atoms with Crippen molar-refractivity contribution in [3.05, 3.63) is 29.3 Å². The molecular weight excluding hydrogens is 244 g/mol. The lowest BCUT2D eigenvalue weighted by molar-refractivity contribution is 0.0944. The van der Waals surface area contributed by atoms with E-state index in [1.807, 2.05) is 30.8 Å². The number of thioether (sulfide) groups is 1. The van der Waals surface area contributed by atoms with E-state index in [-0.39, 0.29) is 11.9 Å². The summed E-state index contributed by atoms with van der Waals surface area (Å²) in [7, 11) is 0. The van der Waals surface area contributed by atoms with Crippen molar-refractivity contribution in [2.75, 3.05) is 23.4 Å². The monoisotopic (exact) mass is 264 g/mol. The van der Waals surface area contributed by atoms with E-state index >= 15 is 0 Å². The molecule has 0 aromatic heterocycles. The second-order valence-corrected chi connectivity index (χ2v) is 5.90. The Morgan fingerprint density at radius 1 is 1.56 bits per heavy atom. The number of benzene rings is 1. The van der Waals surface area contributed by atoms with Gasteiger partial charge in [0.15, 0.2) is 0 Å². The summed E-state index contributed by atoms with van der Waals surface area (Å²) in [5, 5.41) is 6.33. The number of carbonyl (C=O) groups is 1. The molecule has 0 radical (unpaired) electrons. The number of hydrogen-bond acceptors (Lipinski definition) is 3. The van der Waals surface area contributed by atoms with Crippen LogP contribution in [0.4, 0.5) is 5.69 Å². The van der Waals surface area contributed by atoms with Gasteiger partial charge in [-0.05, 0) is 36.8 Å². The highest BCUT2D eigenvalue weighted by Gasteiger charge is 2.14. The van der Waals surface area contributed by atoms with Crippen molar-refractivity contribution in [3.63, 3.8) is 0 Å². The maximum Gasteiger partial charge on any atom is 0.251 e. The Bertz CT molecular complexity index is 434. The first kappa shape index (κ1) is 13.3. The molecule has 4 heteroatoms. The summed E-state index contributed by atoms with van der Waals surface area (Å²) >= 11 is 1.85. The second-order valence-electron chi connectivity index (χ2n) is 4.58. The highest BCUT2D eigenvalue weighted by molar-refractivity contribution is 7.99. The highest BCUT2D eigenvalue weighted by atomic mass is 32.2. The van der Waals surface area contributed by atoms with Gasteiger partial charge < -0.3 is 10.6 Å². The maximum atomic E-state index is 12.1. The fourth-order valence-electron chi connectivity index (χ4n) is 2.08. The average molecular weight is 264 g/mol. The van der Waals surface area contributed by atoms with Crippen LogP contribution in [0.2, 0.25) is 0 Å². The van der Waals surface area contributed by atoms with E-state index < -0.39 is 0 Å². The quantitative estimate of drug-likeness (QED) is 0.858. The Balaban J connectivity index is 1.96. The largest absolute Gasteiger partial charge is 0.384 e. The molecule has 1 aromatic carbocycles. The van der Waals surface area contributed by atoms with Crippen molar-refractivity contribution in [2.24, 2.45) is 0 Å². The third kappa shape index (κ3) is 3.19. The van der Waals surface area contributed by atoms with Gasteiger partial charge in [0.05, 0.1) is 0 Å². The number of nitrogens with one attached hydrogen (secondary N) is 2. The molecule has 0 spiro atoms. The van der Waals surface area contributed by atoms with Crippen LogP contribution in [0.25, 0.3) is 0 Å². The first-order valence-electron chi connectivity index (χ1n) is 6.46. The third-order valence-corrected chi connectivity index (χ3v) is 4.18. The minimum atomic E-state index is 0.0238. The zero-order valence-corrected chi connectivity index (χ0v) is 11.8. The van der Waals surface area contributed by atoms with Crippen molar-refractivity contribution >= 4 is 23.4 Å². The van der Waals surface area contributed by atoms with E-state index in [2.05, 4.69) is 23.6 Å². The molecule has 1 amide bonds. The van der Waals surface area contributed by atoms with Crippen LogP contribution >= 0.6 is 11.8 Å². The van der Waals surface area contributed by atoms with E-state index in [0.717, 1.165) is 35.7 Å². The van der Waals surface area contributed by atoms with Crippen LogP contribution in [-0.2, 0) is 6.42 Å². The molecule has 0 aliphatic carbocycles. The molecule has 1 aliphatic rings. The number of carbonyl (C=O) groups excluding carboxylic acids is 1. The first-order chi connectivity index (χ1) is 8.70. The van der Waals surface area contributed by atoms with Crippen molar-refractivity contribution in [3.8, 4) is 0 Å². The molecule has 0 saturated heterocycles. The number of fused-ring (bicyclic) bond motifs is 1. The Morgan fingerprint density at radius 3 is 3.17 bits per heavy atom. The summed E-state index contributed by atoms with van der Waals surface area (Å²) in [5.41, 5.74) is 3.16. The minimum absolute atomic E-state index is 0.0238. The average Bonchev–Trinajstić information content (AvgIpc) is 2.83. The summed E-state index contributed by atoms with van der Waals surface area (Å²) in [5.74, 6) is 2.07. The Labute approximate surface area is 113 Å². The molecule has 98 valence electrons. The van der Waals surface area contributed by atoms with Crippen molar-refractivity contribution in [1.82, 2.24) is 5.32 Å². The Morgan fingerprint density at radius 2 is 2.39 bits per heavy atom. The molecule has 0 fully saturated rings. The van der Waals surface area contributed by atoms with Gasteiger partial charge in [-0.3, -0.25) is 4.79 Å². The molecule has 1 aromatic rings. The maximum absolute atomic E-state index is 12.1. The third-order valence-electron chi connectivity index (χ3n) is 3.03. The zero-order chi connectivity index (χ0) is 13.0. The lowest BCUT2D eigenvalue weighted by Crippen LogP contribution is -2.34. The standard InChI is InChI=1S/C14H20N2OS/c1-3-18-9-10(2)16-14(17)12-5-4-11-6-7-15-13(11)8-12/h4-5,8,10,15H,3,6-7,9H2,1-2H3,(H,16,17). The summed E-state index contributed by atoms with van der Waals surface area (Å²) in [6.07, 6.45) is 1.06. The van der Waals surface area contributed by atoms with E-state index in [9.17, 15) is 4.79 Å². The van der Waals surface area contributed by atoms with Gasteiger partial charge in [0.1, 0.15) is 0 Å². The molecule has 3 nitrogen and oxygen atoms in total. The zero-order valence-electron chi connectivity index (χ0n) is 11.0. The van der Waals surface area contributed by atoms with Gasteiger partial charge >= 0.3 is 0 Å². The van der Waals surface area contributed by atoms with E-state index in [1.54, 1.807) is 0 Å². The Kier molecular flexibility index (Phi) is 4.53. The number of amides is 1. The van der Waals surface area contributed by atoms with Crippen molar-refractivity contribution in [2.45, 2.75) is 26.3 Å². The van der Waals surface area contributed by atoms with Crippen molar-refractivity contribution in [1.29, 1.82) is 0 Å². The predicted octanol–water partition coefficient (Wildman–Crippen LogP) is 2.53. The van der Waals surface area contributed by atoms with Gasteiger partial charge in [-0.15, -0.1) is 0 Å². The first-order valence-corrected chi connectivity index (χ1v) is 7.61. The number of anilines is 1. The van der Waals surface area contributed by atoms with E-state index in [4.69, 9.17) is 0 Å². The van der Waals surface area contributed by atoms with Crippen LogP contribution in [0.15, 0.2) is 18.2 Å². The second kappa shape index (κ2) is 6.14. The van der Waals surface area contributed by atoms with Crippen LogP contribution in [0, 0.1) is 0 Å². The number of rotatable bonds is 5. The normalized spacial score (nSPS) is 14.8. The van der Waals surface area contributed by atoms with Gasteiger partial charge in [0.25, 0.3) is 5.91 Å². The van der Waals surface area contributed by atoms with Crippen LogP contribution in [0.1, 0.15) is 29.8 Å². The molecule has 0 bridgehead atoms. The molecular formula is C14H20N2OS. The van der Waals surface area contributed by atoms with E-state index in [0.29, 0.717) is 0 Å². The van der Waals surface area contributed by atoms with Gasteiger partial charge in [-0.2, -0.15) is 11.8 Å². The van der Waals surface area contributed by atoms with Crippen molar-refractivity contribution < 1.29 is 4.79 Å². The minimum Gasteiger partial charge on any atom is -0.384 e. The molecule has 0 saturated carbocycles. The van der Waals surface area contributed by atoms with Crippen LogP contribution < -0.4 is 10.6 Å². The topological polar surface area (TPSA) is 41.1 Å². The van der Waals surface area contributed by atoms with Crippen LogP contribution in [0.3, 0.4) is 0 Å².